The van der Waals surface area contributed by atoms with E-state index in [0.717, 1.165) is 0 Å². The molecule has 1 aliphatic heterocycles. The van der Waals surface area contributed by atoms with E-state index in [1.54, 1.807) is 0 Å². The van der Waals surface area contributed by atoms with Crippen LogP contribution >= 0.6 is 0 Å². The maximum absolute atomic E-state index is 11.5. The number of alkyl halides is 3. The average molecular weight is 139 g/mol. The Labute approximate surface area is 48.9 Å². The molecule has 0 radical (unpaired) electrons. The van der Waals surface area contributed by atoms with Crippen molar-refractivity contribution in [1.82, 2.24) is 10.9 Å². The van der Waals surface area contributed by atoms with Crippen LogP contribution in [0.1, 0.15) is 0 Å². The smallest absolute Gasteiger partial charge is 0.300 e. The van der Waals surface area contributed by atoms with Gasteiger partial charge in [0.1, 0.15) is 6.67 Å². The van der Waals surface area contributed by atoms with Gasteiger partial charge in [-0.2, -0.15) is 13.2 Å². The molecule has 1 aliphatic rings. The van der Waals surface area contributed by atoms with Crippen LogP contribution in [0.25, 0.3) is 0 Å². The van der Waals surface area contributed by atoms with Crippen LogP contribution in [0.4, 0.5) is 13.2 Å². The normalized spacial score (nSPS) is 19.2. The highest BCUT2D eigenvalue weighted by molar-refractivity contribution is 5.88. The summed E-state index contributed by atoms with van der Waals surface area (Å²) in [5, 5.41) is 0. The summed E-state index contributed by atoms with van der Waals surface area (Å²) in [5.74, 6) is -0.956. The lowest BCUT2D eigenvalue weighted by molar-refractivity contribution is -0.0614. The highest BCUT2D eigenvalue weighted by atomic mass is 19.4. The number of nitrogens with one attached hydrogen (secondary N) is 2. The van der Waals surface area contributed by atoms with Gasteiger partial charge in [0.05, 0.1) is 0 Å². The van der Waals surface area contributed by atoms with Gasteiger partial charge in [-0.15, -0.1) is 0 Å². The Kier molecular flexibility index (Phi) is 1.32. The molecule has 0 aromatic rings. The SMILES string of the molecule is FC(F)(F)C1=NCNN1. The summed E-state index contributed by atoms with van der Waals surface area (Å²) in [6.45, 7) is -0.0190. The first kappa shape index (κ1) is 6.34. The molecule has 2 N–H and O–H groups in total. The third-order valence-corrected chi connectivity index (χ3v) is 0.792. The maximum Gasteiger partial charge on any atom is 0.450 e. The zero-order valence-electron chi connectivity index (χ0n) is 4.29. The highest BCUT2D eigenvalue weighted by Crippen LogP contribution is 2.16. The molecule has 3 nitrogen and oxygen atoms in total. The minimum absolute atomic E-state index is 0.0190. The second kappa shape index (κ2) is 1.87. The summed E-state index contributed by atoms with van der Waals surface area (Å²) in [6.07, 6.45) is -4.34. The van der Waals surface area contributed by atoms with E-state index in [9.17, 15) is 13.2 Å². The predicted octanol–water partition coefficient (Wildman–Crippen LogP) is 0.0125. The molecule has 0 aromatic carbocycles. The first-order chi connectivity index (χ1) is 4.11. The van der Waals surface area contributed by atoms with E-state index < -0.39 is 12.0 Å². The number of rotatable bonds is 0. The molecule has 0 bridgehead atoms. The van der Waals surface area contributed by atoms with E-state index in [1.807, 2.05) is 5.43 Å². The Morgan fingerprint density at radius 2 is 2.11 bits per heavy atom. The molecule has 9 heavy (non-hydrogen) atoms. The summed E-state index contributed by atoms with van der Waals surface area (Å²) in [7, 11) is 0. The van der Waals surface area contributed by atoms with Crippen LogP contribution in [0.15, 0.2) is 4.99 Å². The molecule has 0 saturated heterocycles. The lowest BCUT2D eigenvalue weighted by Crippen LogP contribution is -2.39. The minimum atomic E-state index is -4.34. The molecule has 0 saturated carbocycles. The van der Waals surface area contributed by atoms with Crippen LogP contribution in [0.5, 0.6) is 0 Å². The van der Waals surface area contributed by atoms with Gasteiger partial charge in [0.2, 0.25) is 5.84 Å². The van der Waals surface area contributed by atoms with Gasteiger partial charge in [-0.3, -0.25) is 0 Å². The van der Waals surface area contributed by atoms with Gasteiger partial charge in [0.15, 0.2) is 0 Å². The van der Waals surface area contributed by atoms with Crippen molar-refractivity contribution < 1.29 is 13.2 Å². The van der Waals surface area contributed by atoms with Crippen molar-refractivity contribution in [2.45, 2.75) is 6.18 Å². The summed E-state index contributed by atoms with van der Waals surface area (Å²) < 4.78 is 34.6. The van der Waals surface area contributed by atoms with Gasteiger partial charge in [0, 0.05) is 0 Å². The van der Waals surface area contributed by atoms with Gasteiger partial charge < -0.3 is 5.43 Å². The highest BCUT2D eigenvalue weighted by Gasteiger charge is 2.37. The maximum atomic E-state index is 11.5. The first-order valence-corrected chi connectivity index (χ1v) is 2.21. The van der Waals surface area contributed by atoms with Crippen molar-refractivity contribution in [3.05, 3.63) is 0 Å². The van der Waals surface area contributed by atoms with Gasteiger partial charge >= 0.3 is 6.18 Å². The molecular weight excluding hydrogens is 135 g/mol. The molecule has 0 amide bonds. The Balaban J connectivity index is 2.61. The van der Waals surface area contributed by atoms with Crippen molar-refractivity contribution in [1.29, 1.82) is 0 Å². The number of amidine groups is 1. The summed E-state index contributed by atoms with van der Waals surface area (Å²) in [4.78, 5) is 3.08. The average Bonchev–Trinajstić information content (AvgIpc) is 2.08. The Hall–Kier alpha value is -0.780. The third-order valence-electron chi connectivity index (χ3n) is 0.792. The lowest BCUT2D eigenvalue weighted by Gasteiger charge is -2.04. The zero-order chi connectivity index (χ0) is 6.91. The Bertz CT molecular complexity index is 138. The van der Waals surface area contributed by atoms with Crippen molar-refractivity contribution in [2.24, 2.45) is 4.99 Å². The second-order valence-corrected chi connectivity index (χ2v) is 1.46. The molecule has 0 aromatic heterocycles. The molecule has 0 aliphatic carbocycles. The third kappa shape index (κ3) is 1.32. The van der Waals surface area contributed by atoms with Crippen LogP contribution in [0.2, 0.25) is 0 Å². The lowest BCUT2D eigenvalue weighted by atomic mass is 10.6. The van der Waals surface area contributed by atoms with E-state index in [2.05, 4.69) is 10.4 Å². The molecule has 6 heteroatoms. The van der Waals surface area contributed by atoms with Crippen molar-refractivity contribution in [3.63, 3.8) is 0 Å². The van der Waals surface area contributed by atoms with Gasteiger partial charge in [-0.1, -0.05) is 0 Å². The minimum Gasteiger partial charge on any atom is -0.300 e. The molecule has 0 unspecified atom stereocenters. The molecular formula is C3H4F3N3. The number of nitrogens with zero attached hydrogens (tertiary/aromatic N) is 1. The fourth-order valence-corrected chi connectivity index (χ4v) is 0.442. The number of hydrazine groups is 1. The van der Waals surface area contributed by atoms with Crippen molar-refractivity contribution in [2.75, 3.05) is 6.67 Å². The topological polar surface area (TPSA) is 36.4 Å². The largest absolute Gasteiger partial charge is 0.450 e. The van der Waals surface area contributed by atoms with E-state index in [1.165, 1.54) is 0 Å². The predicted molar refractivity (Wildman–Crippen MR) is 24.6 cm³/mol. The van der Waals surface area contributed by atoms with E-state index in [4.69, 9.17) is 0 Å². The van der Waals surface area contributed by atoms with Crippen LogP contribution in [0, 0.1) is 0 Å². The van der Waals surface area contributed by atoms with E-state index in [-0.39, 0.29) is 6.67 Å². The standard InChI is InChI=1S/C3H4F3N3/c4-3(5,6)2-7-1-8-9-2/h8H,1H2,(H,7,9). The summed E-state index contributed by atoms with van der Waals surface area (Å²) in [6, 6.07) is 0. The molecule has 0 atom stereocenters. The molecule has 52 valence electrons. The molecule has 1 heterocycles. The fourth-order valence-electron chi connectivity index (χ4n) is 0.442. The fraction of sp³-hybridized carbons (Fsp3) is 0.667. The number of hydrogen-bond acceptors (Lipinski definition) is 3. The number of aliphatic imine (C=N–C) groups is 1. The van der Waals surface area contributed by atoms with Crippen LogP contribution < -0.4 is 10.9 Å². The van der Waals surface area contributed by atoms with Gasteiger partial charge in [0.25, 0.3) is 0 Å². The van der Waals surface area contributed by atoms with E-state index >= 15 is 0 Å². The van der Waals surface area contributed by atoms with Gasteiger partial charge in [-0.25, -0.2) is 10.4 Å². The molecule has 0 spiro atoms. The van der Waals surface area contributed by atoms with Gasteiger partial charge in [-0.05, 0) is 0 Å². The van der Waals surface area contributed by atoms with E-state index in [0.29, 0.717) is 0 Å². The number of hydrogen-bond donors (Lipinski definition) is 2. The zero-order valence-corrected chi connectivity index (χ0v) is 4.29. The second-order valence-electron chi connectivity index (χ2n) is 1.46. The Morgan fingerprint density at radius 1 is 1.44 bits per heavy atom. The summed E-state index contributed by atoms with van der Waals surface area (Å²) in [5.41, 5.74) is 4.08. The van der Waals surface area contributed by atoms with Crippen LogP contribution in [0.3, 0.4) is 0 Å². The van der Waals surface area contributed by atoms with Crippen LogP contribution in [-0.4, -0.2) is 18.7 Å². The van der Waals surface area contributed by atoms with Crippen LogP contribution in [-0.2, 0) is 0 Å². The summed E-state index contributed by atoms with van der Waals surface area (Å²) >= 11 is 0. The molecule has 0 fully saturated rings. The van der Waals surface area contributed by atoms with Crippen molar-refractivity contribution in [3.8, 4) is 0 Å². The van der Waals surface area contributed by atoms with Crippen molar-refractivity contribution >= 4 is 5.84 Å². The first-order valence-electron chi connectivity index (χ1n) is 2.21. The Morgan fingerprint density at radius 3 is 2.33 bits per heavy atom. The number of halogens is 3. The quantitative estimate of drug-likeness (QED) is 0.496. The molecule has 1 rings (SSSR count). The monoisotopic (exact) mass is 139 g/mol.